The topological polar surface area (TPSA) is 66.4 Å². The van der Waals surface area contributed by atoms with Crippen LogP contribution in [-0.4, -0.2) is 23.5 Å². The summed E-state index contributed by atoms with van der Waals surface area (Å²) in [5.74, 6) is 0.107. The van der Waals surface area contributed by atoms with Crippen molar-refractivity contribution in [2.24, 2.45) is 5.41 Å². The minimum absolute atomic E-state index is 0.107. The van der Waals surface area contributed by atoms with Crippen LogP contribution >= 0.6 is 11.3 Å². The Morgan fingerprint density at radius 3 is 2.72 bits per heavy atom. The summed E-state index contributed by atoms with van der Waals surface area (Å²) in [6.07, 6.45) is 9.28. The Labute approximate surface area is 153 Å². The van der Waals surface area contributed by atoms with E-state index < -0.39 is 6.09 Å². The molecule has 25 heavy (non-hydrogen) atoms. The van der Waals surface area contributed by atoms with E-state index in [0.717, 1.165) is 35.3 Å². The predicted octanol–water partition coefficient (Wildman–Crippen LogP) is 4.86. The van der Waals surface area contributed by atoms with E-state index in [1.54, 1.807) is 24.3 Å². The van der Waals surface area contributed by atoms with Crippen LogP contribution in [0.15, 0.2) is 30.4 Å². The van der Waals surface area contributed by atoms with Crippen molar-refractivity contribution in [2.75, 3.05) is 6.54 Å². The molecule has 1 aromatic rings. The average molecular weight is 359 g/mol. The number of ketones is 1. The van der Waals surface area contributed by atoms with Crippen molar-refractivity contribution in [3.8, 4) is 0 Å². The van der Waals surface area contributed by atoms with Crippen molar-refractivity contribution in [1.29, 1.82) is 0 Å². The van der Waals surface area contributed by atoms with E-state index in [2.05, 4.69) is 25.7 Å². The molecule has 1 amide bonds. The van der Waals surface area contributed by atoms with Crippen molar-refractivity contribution < 1.29 is 14.7 Å². The van der Waals surface area contributed by atoms with Gasteiger partial charge in [-0.05, 0) is 48.8 Å². The number of amides is 1. The molecule has 0 unspecified atom stereocenters. The van der Waals surface area contributed by atoms with Crippen molar-refractivity contribution in [2.45, 2.75) is 40.0 Å². The van der Waals surface area contributed by atoms with Crippen LogP contribution in [0.1, 0.15) is 52.9 Å². The zero-order chi connectivity index (χ0) is 18.6. The molecular formula is C20H25NO3S. The van der Waals surface area contributed by atoms with Gasteiger partial charge in [0.25, 0.3) is 0 Å². The fourth-order valence-electron chi connectivity index (χ4n) is 3.08. The summed E-state index contributed by atoms with van der Waals surface area (Å²) in [5.41, 5.74) is 3.07. The number of hydrogen-bond acceptors (Lipinski definition) is 3. The van der Waals surface area contributed by atoms with E-state index >= 15 is 0 Å². The number of carbonyl (C=O) groups is 2. The van der Waals surface area contributed by atoms with Gasteiger partial charge in [0.15, 0.2) is 5.78 Å². The van der Waals surface area contributed by atoms with Crippen molar-refractivity contribution in [3.05, 3.63) is 51.3 Å². The summed E-state index contributed by atoms with van der Waals surface area (Å²) in [6, 6.07) is 0. The fourth-order valence-corrected chi connectivity index (χ4v) is 4.36. The second kappa shape index (κ2) is 7.83. The molecule has 0 bridgehead atoms. The molecule has 134 valence electrons. The number of aryl methyl sites for hydroxylation is 1. The third-order valence-electron chi connectivity index (χ3n) is 4.42. The SMILES string of the molecule is C=C/C(=C\C=C\c1sc2c(c1C(C)=O)CC(C)(C)CC2)CNC(=O)O. The number of Topliss-reactive ketones (excluding diaryl/α,β-unsaturated/α-hetero) is 1. The molecular weight excluding hydrogens is 334 g/mol. The van der Waals surface area contributed by atoms with Gasteiger partial charge in [-0.2, -0.15) is 0 Å². The van der Waals surface area contributed by atoms with Gasteiger partial charge in [-0.25, -0.2) is 4.79 Å². The van der Waals surface area contributed by atoms with Gasteiger partial charge in [0.2, 0.25) is 0 Å². The van der Waals surface area contributed by atoms with Crippen molar-refractivity contribution >= 4 is 29.3 Å². The third-order valence-corrected chi connectivity index (χ3v) is 5.68. The zero-order valence-electron chi connectivity index (χ0n) is 15.0. The van der Waals surface area contributed by atoms with Gasteiger partial charge >= 0.3 is 6.09 Å². The van der Waals surface area contributed by atoms with Crippen molar-refractivity contribution in [3.63, 3.8) is 0 Å². The van der Waals surface area contributed by atoms with Crippen LogP contribution < -0.4 is 5.32 Å². The second-order valence-electron chi connectivity index (χ2n) is 7.10. The number of carbonyl (C=O) groups excluding carboxylic acids is 1. The van der Waals surface area contributed by atoms with E-state index in [0.29, 0.717) is 0 Å². The number of fused-ring (bicyclic) bond motifs is 1. The Bertz CT molecular complexity index is 753. The molecule has 2 N–H and O–H groups in total. The Kier molecular flexibility index (Phi) is 6.01. The maximum atomic E-state index is 12.2. The summed E-state index contributed by atoms with van der Waals surface area (Å²) in [5, 5.41) is 11.0. The fraction of sp³-hybridized carbons (Fsp3) is 0.400. The van der Waals surface area contributed by atoms with Crippen LogP contribution in [0.4, 0.5) is 4.79 Å². The molecule has 0 fully saturated rings. The van der Waals surface area contributed by atoms with Crippen LogP contribution in [0.3, 0.4) is 0 Å². The lowest BCUT2D eigenvalue weighted by atomic mass is 9.75. The molecule has 0 aromatic carbocycles. The number of carboxylic acid groups (broad SMARTS) is 1. The van der Waals surface area contributed by atoms with Crippen LogP contribution in [-0.2, 0) is 12.8 Å². The van der Waals surface area contributed by atoms with E-state index in [1.807, 2.05) is 18.2 Å². The number of hydrogen-bond donors (Lipinski definition) is 2. The standard InChI is InChI=1S/C20H25NO3S/c1-5-14(12-21-19(23)24)7-6-8-17-18(13(2)22)15-11-20(3,4)10-9-16(15)25-17/h5-8,21H,1,9-12H2,2-4H3,(H,23,24)/b8-6+,14-7+. The number of rotatable bonds is 6. The van der Waals surface area contributed by atoms with Gasteiger partial charge in [0.1, 0.15) is 0 Å². The molecule has 2 rings (SSSR count). The first kappa shape index (κ1) is 19.2. The first-order chi connectivity index (χ1) is 11.7. The van der Waals surface area contributed by atoms with E-state index in [1.165, 1.54) is 10.4 Å². The zero-order valence-corrected chi connectivity index (χ0v) is 15.8. The quantitative estimate of drug-likeness (QED) is 0.563. The molecule has 1 aromatic heterocycles. The number of thiophene rings is 1. The van der Waals surface area contributed by atoms with Gasteiger partial charge in [-0.1, -0.05) is 38.7 Å². The minimum Gasteiger partial charge on any atom is -0.465 e. The summed E-state index contributed by atoms with van der Waals surface area (Å²) in [7, 11) is 0. The monoisotopic (exact) mass is 359 g/mol. The average Bonchev–Trinajstić information content (AvgIpc) is 2.86. The molecule has 0 spiro atoms. The molecule has 4 nitrogen and oxygen atoms in total. The maximum Gasteiger partial charge on any atom is 0.404 e. The molecule has 5 heteroatoms. The Morgan fingerprint density at radius 2 is 2.12 bits per heavy atom. The lowest BCUT2D eigenvalue weighted by Crippen LogP contribution is -2.22. The van der Waals surface area contributed by atoms with Gasteiger partial charge in [-0.3, -0.25) is 4.79 Å². The van der Waals surface area contributed by atoms with Crippen LogP contribution in [0.5, 0.6) is 0 Å². The van der Waals surface area contributed by atoms with E-state index in [-0.39, 0.29) is 17.7 Å². The summed E-state index contributed by atoms with van der Waals surface area (Å²) in [4.78, 5) is 25.1. The molecule has 0 saturated carbocycles. The summed E-state index contributed by atoms with van der Waals surface area (Å²) >= 11 is 1.70. The maximum absolute atomic E-state index is 12.2. The normalized spacial score (nSPS) is 16.5. The lowest BCUT2D eigenvalue weighted by Gasteiger charge is -2.29. The van der Waals surface area contributed by atoms with Crippen LogP contribution in [0, 0.1) is 5.41 Å². The third kappa shape index (κ3) is 4.92. The largest absolute Gasteiger partial charge is 0.465 e. The van der Waals surface area contributed by atoms with Crippen molar-refractivity contribution in [1.82, 2.24) is 5.32 Å². The minimum atomic E-state index is -1.07. The summed E-state index contributed by atoms with van der Waals surface area (Å²) in [6.45, 7) is 10.0. The molecule has 0 radical (unpaired) electrons. The highest BCUT2D eigenvalue weighted by Crippen LogP contribution is 2.42. The highest BCUT2D eigenvalue weighted by atomic mass is 32.1. The van der Waals surface area contributed by atoms with Gasteiger partial charge < -0.3 is 10.4 Å². The Balaban J connectivity index is 2.28. The Morgan fingerprint density at radius 1 is 1.40 bits per heavy atom. The lowest BCUT2D eigenvalue weighted by molar-refractivity contribution is 0.101. The summed E-state index contributed by atoms with van der Waals surface area (Å²) < 4.78 is 0. The van der Waals surface area contributed by atoms with Gasteiger partial charge in [0.05, 0.1) is 0 Å². The highest BCUT2D eigenvalue weighted by molar-refractivity contribution is 7.13. The van der Waals surface area contributed by atoms with Crippen LogP contribution in [0.2, 0.25) is 0 Å². The number of allylic oxidation sites excluding steroid dienone is 2. The molecule has 1 aliphatic carbocycles. The Hall–Kier alpha value is -2.14. The molecule has 0 atom stereocenters. The first-order valence-electron chi connectivity index (χ1n) is 8.35. The van der Waals surface area contributed by atoms with E-state index in [4.69, 9.17) is 5.11 Å². The predicted molar refractivity (Wildman–Crippen MR) is 103 cm³/mol. The second-order valence-corrected chi connectivity index (χ2v) is 8.24. The van der Waals surface area contributed by atoms with Crippen LogP contribution in [0.25, 0.3) is 6.08 Å². The van der Waals surface area contributed by atoms with E-state index in [9.17, 15) is 9.59 Å². The molecule has 1 heterocycles. The van der Waals surface area contributed by atoms with Gasteiger partial charge in [-0.15, -0.1) is 11.3 Å². The molecule has 0 aliphatic heterocycles. The molecule has 0 saturated heterocycles. The first-order valence-corrected chi connectivity index (χ1v) is 9.17. The number of nitrogens with one attached hydrogen (secondary N) is 1. The highest BCUT2D eigenvalue weighted by Gasteiger charge is 2.30. The molecule has 1 aliphatic rings. The smallest absolute Gasteiger partial charge is 0.404 e. The van der Waals surface area contributed by atoms with Gasteiger partial charge in [0, 0.05) is 21.9 Å².